The summed E-state index contributed by atoms with van der Waals surface area (Å²) in [5, 5.41) is 4.73. The predicted octanol–water partition coefficient (Wildman–Crippen LogP) is 5.18. The highest BCUT2D eigenvalue weighted by molar-refractivity contribution is 6.32. The number of benzene rings is 2. The molecule has 0 bridgehead atoms. The van der Waals surface area contributed by atoms with Crippen molar-refractivity contribution in [2.24, 2.45) is 0 Å². The van der Waals surface area contributed by atoms with E-state index in [2.05, 4.69) is 12.2 Å². The molecule has 1 N–H and O–H groups in total. The first-order valence-electron chi connectivity index (χ1n) is 5.95. The molecule has 0 fully saturated rings. The summed E-state index contributed by atoms with van der Waals surface area (Å²) in [6, 6.07) is 13.6. The number of hydrogen-bond donors (Lipinski definition) is 1. The van der Waals surface area contributed by atoms with Crippen LogP contribution >= 0.6 is 23.2 Å². The van der Waals surface area contributed by atoms with Gasteiger partial charge in [-0.25, -0.2) is 0 Å². The van der Waals surface area contributed by atoms with Gasteiger partial charge in [0, 0.05) is 22.8 Å². The molecule has 4 heteroatoms. The van der Waals surface area contributed by atoms with Gasteiger partial charge in [0.15, 0.2) is 0 Å². The van der Waals surface area contributed by atoms with Crippen LogP contribution < -0.4 is 10.1 Å². The van der Waals surface area contributed by atoms with E-state index >= 15 is 0 Å². The molecule has 1 unspecified atom stereocenters. The molecule has 19 heavy (non-hydrogen) atoms. The Balaban J connectivity index is 2.17. The average molecular weight is 296 g/mol. The zero-order valence-corrected chi connectivity index (χ0v) is 12.3. The molecule has 100 valence electrons. The summed E-state index contributed by atoms with van der Waals surface area (Å²) in [6.45, 7) is 2.08. The van der Waals surface area contributed by atoms with Crippen LogP contribution in [0.3, 0.4) is 0 Å². The van der Waals surface area contributed by atoms with E-state index in [0.717, 1.165) is 16.3 Å². The Morgan fingerprint density at radius 3 is 2.58 bits per heavy atom. The van der Waals surface area contributed by atoms with Crippen molar-refractivity contribution < 1.29 is 4.74 Å². The summed E-state index contributed by atoms with van der Waals surface area (Å²) in [4.78, 5) is 0. The Labute approximate surface area is 123 Å². The largest absolute Gasteiger partial charge is 0.495 e. The minimum absolute atomic E-state index is 0.143. The molecule has 2 aromatic carbocycles. The minimum atomic E-state index is 0.143. The molecule has 0 saturated heterocycles. The van der Waals surface area contributed by atoms with Crippen LogP contribution in [0.2, 0.25) is 10.0 Å². The van der Waals surface area contributed by atoms with Crippen molar-refractivity contribution in [1.82, 2.24) is 0 Å². The third-order valence-corrected chi connectivity index (χ3v) is 3.43. The first-order valence-corrected chi connectivity index (χ1v) is 6.71. The molecule has 2 aromatic rings. The maximum absolute atomic E-state index is 6.00. The zero-order valence-electron chi connectivity index (χ0n) is 10.8. The lowest BCUT2D eigenvalue weighted by Crippen LogP contribution is -2.06. The molecule has 0 aliphatic heterocycles. The highest BCUT2D eigenvalue weighted by Crippen LogP contribution is 2.29. The minimum Gasteiger partial charge on any atom is -0.495 e. The van der Waals surface area contributed by atoms with Crippen molar-refractivity contribution in [3.8, 4) is 5.75 Å². The van der Waals surface area contributed by atoms with Gasteiger partial charge in [-0.2, -0.15) is 0 Å². The number of anilines is 1. The lowest BCUT2D eigenvalue weighted by atomic mass is 10.1. The van der Waals surface area contributed by atoms with E-state index in [4.69, 9.17) is 27.9 Å². The monoisotopic (exact) mass is 295 g/mol. The first kappa shape index (κ1) is 14.0. The topological polar surface area (TPSA) is 21.3 Å². The predicted molar refractivity (Wildman–Crippen MR) is 81.5 cm³/mol. The Kier molecular flexibility index (Phi) is 4.56. The van der Waals surface area contributed by atoms with Gasteiger partial charge < -0.3 is 10.1 Å². The van der Waals surface area contributed by atoms with Crippen molar-refractivity contribution in [1.29, 1.82) is 0 Å². The fourth-order valence-corrected chi connectivity index (χ4v) is 2.25. The first-order chi connectivity index (χ1) is 9.10. The fraction of sp³-hybridized carbons (Fsp3) is 0.200. The third kappa shape index (κ3) is 3.55. The molecule has 1 atom stereocenters. The average Bonchev–Trinajstić information content (AvgIpc) is 2.41. The standard InChI is InChI=1S/C15H15Cl2NO/c1-10(11-4-3-5-12(16)8-11)18-13-6-7-14(17)15(9-13)19-2/h3-10,18H,1-2H3. The van der Waals surface area contributed by atoms with Gasteiger partial charge in [-0.05, 0) is 36.8 Å². The SMILES string of the molecule is COc1cc(NC(C)c2cccc(Cl)c2)ccc1Cl. The Hall–Kier alpha value is -1.38. The number of halogens is 2. The van der Waals surface area contributed by atoms with Gasteiger partial charge in [0.1, 0.15) is 5.75 Å². The van der Waals surface area contributed by atoms with Gasteiger partial charge in [-0.1, -0.05) is 35.3 Å². The molecule has 0 saturated carbocycles. The second-order valence-electron chi connectivity index (χ2n) is 4.27. The zero-order chi connectivity index (χ0) is 13.8. The van der Waals surface area contributed by atoms with E-state index in [1.165, 1.54) is 0 Å². The van der Waals surface area contributed by atoms with Gasteiger partial charge in [0.2, 0.25) is 0 Å². The summed E-state index contributed by atoms with van der Waals surface area (Å²) in [6.07, 6.45) is 0. The highest BCUT2D eigenvalue weighted by Gasteiger charge is 2.07. The van der Waals surface area contributed by atoms with Crippen LogP contribution in [0.5, 0.6) is 5.75 Å². The molecule has 0 radical (unpaired) electrons. The van der Waals surface area contributed by atoms with Crippen LogP contribution in [-0.2, 0) is 0 Å². The van der Waals surface area contributed by atoms with Gasteiger partial charge in [0.05, 0.1) is 12.1 Å². The van der Waals surface area contributed by atoms with Crippen molar-refractivity contribution in [2.45, 2.75) is 13.0 Å². The normalized spacial score (nSPS) is 12.0. The molecule has 0 aromatic heterocycles. The van der Waals surface area contributed by atoms with Crippen molar-refractivity contribution >= 4 is 28.9 Å². The van der Waals surface area contributed by atoms with Gasteiger partial charge in [0.25, 0.3) is 0 Å². The molecular formula is C15H15Cl2NO. The van der Waals surface area contributed by atoms with Crippen LogP contribution in [0, 0.1) is 0 Å². The van der Waals surface area contributed by atoms with E-state index in [-0.39, 0.29) is 6.04 Å². The summed E-state index contributed by atoms with van der Waals surface area (Å²) in [5.41, 5.74) is 2.08. The molecule has 0 heterocycles. The third-order valence-electron chi connectivity index (χ3n) is 2.88. The van der Waals surface area contributed by atoms with E-state index < -0.39 is 0 Å². The van der Waals surface area contributed by atoms with E-state index in [0.29, 0.717) is 10.8 Å². The maximum Gasteiger partial charge on any atom is 0.139 e. The number of ether oxygens (including phenoxy) is 1. The van der Waals surface area contributed by atoms with E-state index in [9.17, 15) is 0 Å². The summed E-state index contributed by atoms with van der Waals surface area (Å²) >= 11 is 12.0. The van der Waals surface area contributed by atoms with Gasteiger partial charge >= 0.3 is 0 Å². The van der Waals surface area contributed by atoms with Crippen LogP contribution in [0.4, 0.5) is 5.69 Å². The molecule has 0 spiro atoms. The number of methoxy groups -OCH3 is 1. The van der Waals surface area contributed by atoms with Crippen LogP contribution in [0.25, 0.3) is 0 Å². The van der Waals surface area contributed by atoms with Crippen LogP contribution in [-0.4, -0.2) is 7.11 Å². The highest BCUT2D eigenvalue weighted by atomic mass is 35.5. The number of hydrogen-bond acceptors (Lipinski definition) is 2. The Bertz CT molecular complexity index is 572. The van der Waals surface area contributed by atoms with Crippen molar-refractivity contribution in [2.75, 3.05) is 12.4 Å². The number of nitrogens with one attached hydrogen (secondary N) is 1. The number of rotatable bonds is 4. The Morgan fingerprint density at radius 1 is 1.11 bits per heavy atom. The lowest BCUT2D eigenvalue weighted by Gasteiger charge is -2.17. The van der Waals surface area contributed by atoms with Gasteiger partial charge in [-0.15, -0.1) is 0 Å². The van der Waals surface area contributed by atoms with Gasteiger partial charge in [-0.3, -0.25) is 0 Å². The second kappa shape index (κ2) is 6.18. The molecule has 0 aliphatic carbocycles. The second-order valence-corrected chi connectivity index (χ2v) is 5.11. The quantitative estimate of drug-likeness (QED) is 0.839. The summed E-state index contributed by atoms with van der Waals surface area (Å²) < 4.78 is 5.20. The molecular weight excluding hydrogens is 281 g/mol. The van der Waals surface area contributed by atoms with Crippen LogP contribution in [0.1, 0.15) is 18.5 Å². The summed E-state index contributed by atoms with van der Waals surface area (Å²) in [7, 11) is 1.60. The maximum atomic E-state index is 6.00. The fourth-order valence-electron chi connectivity index (χ4n) is 1.86. The van der Waals surface area contributed by atoms with Crippen molar-refractivity contribution in [3.63, 3.8) is 0 Å². The van der Waals surface area contributed by atoms with E-state index in [1.807, 2.05) is 42.5 Å². The molecule has 0 amide bonds. The summed E-state index contributed by atoms with van der Waals surface area (Å²) in [5.74, 6) is 0.657. The lowest BCUT2D eigenvalue weighted by molar-refractivity contribution is 0.415. The molecule has 2 nitrogen and oxygen atoms in total. The Morgan fingerprint density at radius 2 is 1.89 bits per heavy atom. The molecule has 2 rings (SSSR count). The molecule has 0 aliphatic rings. The van der Waals surface area contributed by atoms with Crippen LogP contribution in [0.15, 0.2) is 42.5 Å². The van der Waals surface area contributed by atoms with E-state index in [1.54, 1.807) is 7.11 Å². The smallest absolute Gasteiger partial charge is 0.139 e. The van der Waals surface area contributed by atoms with Crippen molar-refractivity contribution in [3.05, 3.63) is 58.1 Å².